The molecule has 1 aliphatic rings. The first-order valence-electron chi connectivity index (χ1n) is 9.76. The molecule has 1 amide bonds. The molecule has 5 rings (SSSR count). The maximum Gasteiger partial charge on any atom is 0.253 e. The zero-order chi connectivity index (χ0) is 21.2. The Bertz CT molecular complexity index is 1200. The van der Waals surface area contributed by atoms with Crippen molar-refractivity contribution in [1.82, 2.24) is 20.2 Å². The van der Waals surface area contributed by atoms with E-state index in [0.29, 0.717) is 11.0 Å². The van der Waals surface area contributed by atoms with E-state index >= 15 is 0 Å². The molecular formula is C22H19N5OS3. The van der Waals surface area contributed by atoms with E-state index in [2.05, 4.69) is 27.3 Å². The minimum atomic E-state index is -0.0551. The minimum absolute atomic E-state index is 0.0448. The summed E-state index contributed by atoms with van der Waals surface area (Å²) < 4.78 is 0. The molecule has 0 bridgehead atoms. The van der Waals surface area contributed by atoms with Gasteiger partial charge in [-0.3, -0.25) is 9.89 Å². The number of aromatic nitrogens is 3. The first kappa shape index (κ1) is 20.2. The van der Waals surface area contributed by atoms with Crippen LogP contribution < -0.4 is 0 Å². The summed E-state index contributed by atoms with van der Waals surface area (Å²) in [5.41, 5.74) is 3.13. The van der Waals surface area contributed by atoms with E-state index < -0.39 is 0 Å². The van der Waals surface area contributed by atoms with E-state index in [0.717, 1.165) is 27.5 Å². The number of aryl methyl sites for hydroxylation is 1. The molecule has 1 aromatic carbocycles. The largest absolute Gasteiger partial charge is 0.272 e. The summed E-state index contributed by atoms with van der Waals surface area (Å²) in [4.78, 5) is 19.9. The number of H-pyrrole nitrogens is 1. The molecule has 31 heavy (non-hydrogen) atoms. The highest BCUT2D eigenvalue weighted by Crippen LogP contribution is 2.36. The van der Waals surface area contributed by atoms with Crippen molar-refractivity contribution < 1.29 is 4.79 Å². The summed E-state index contributed by atoms with van der Waals surface area (Å²) in [7, 11) is 0. The third-order valence-corrected chi connectivity index (χ3v) is 7.68. The van der Waals surface area contributed by atoms with Crippen molar-refractivity contribution in [2.45, 2.75) is 24.5 Å². The fourth-order valence-electron chi connectivity index (χ4n) is 3.38. The van der Waals surface area contributed by atoms with Crippen LogP contribution in [0.25, 0.3) is 11.4 Å². The molecule has 0 aliphatic carbocycles. The predicted molar refractivity (Wildman–Crippen MR) is 127 cm³/mol. The zero-order valence-corrected chi connectivity index (χ0v) is 19.1. The van der Waals surface area contributed by atoms with Gasteiger partial charge < -0.3 is 0 Å². The van der Waals surface area contributed by atoms with Gasteiger partial charge in [-0.2, -0.15) is 5.10 Å². The summed E-state index contributed by atoms with van der Waals surface area (Å²) in [5, 5.41) is 18.2. The number of aromatic amines is 1. The molecule has 1 N–H and O–H groups in total. The summed E-state index contributed by atoms with van der Waals surface area (Å²) in [6, 6.07) is 16.2. The van der Waals surface area contributed by atoms with Crippen molar-refractivity contribution in [1.29, 1.82) is 0 Å². The number of nitrogens with one attached hydrogen (secondary N) is 1. The van der Waals surface area contributed by atoms with Crippen molar-refractivity contribution in [3.05, 3.63) is 74.6 Å². The summed E-state index contributed by atoms with van der Waals surface area (Å²) in [6.07, 6.45) is 0.732. The molecule has 0 fully saturated rings. The summed E-state index contributed by atoms with van der Waals surface area (Å²) in [6.45, 7) is 2.05. The number of nitrogens with zero attached hydrogens (tertiary/aromatic N) is 4. The fourth-order valence-corrected chi connectivity index (χ4v) is 5.56. The fraction of sp³-hybridized carbons (Fsp3) is 0.182. The Morgan fingerprint density at radius 2 is 1.97 bits per heavy atom. The molecule has 4 heterocycles. The van der Waals surface area contributed by atoms with Crippen molar-refractivity contribution in [3.8, 4) is 11.4 Å². The number of carbonyl (C=O) groups excluding carboxylic acids is 1. The smallest absolute Gasteiger partial charge is 0.253 e. The van der Waals surface area contributed by atoms with Gasteiger partial charge in [0.05, 0.1) is 22.4 Å². The van der Waals surface area contributed by atoms with Gasteiger partial charge in [0, 0.05) is 16.9 Å². The van der Waals surface area contributed by atoms with E-state index in [1.54, 1.807) is 27.7 Å². The van der Waals surface area contributed by atoms with Crippen molar-refractivity contribution in [2.75, 3.05) is 5.75 Å². The van der Waals surface area contributed by atoms with Crippen LogP contribution in [0.15, 0.2) is 69.5 Å². The Balaban J connectivity index is 1.30. The van der Waals surface area contributed by atoms with E-state index in [4.69, 9.17) is 5.10 Å². The van der Waals surface area contributed by atoms with Gasteiger partial charge in [-0.1, -0.05) is 53.7 Å². The summed E-state index contributed by atoms with van der Waals surface area (Å²) in [5.74, 6) is 0.885. The topological polar surface area (TPSA) is 74.2 Å². The normalized spacial score (nSPS) is 16.0. The number of benzene rings is 1. The third kappa shape index (κ3) is 4.34. The molecule has 3 aromatic heterocycles. The molecule has 1 atom stereocenters. The van der Waals surface area contributed by atoms with Gasteiger partial charge in [0.15, 0.2) is 5.82 Å². The lowest BCUT2D eigenvalue weighted by Gasteiger charge is -2.20. The lowest BCUT2D eigenvalue weighted by atomic mass is 10.1. The molecule has 0 saturated carbocycles. The van der Waals surface area contributed by atoms with Crippen LogP contribution in [0.1, 0.15) is 27.8 Å². The Morgan fingerprint density at radius 1 is 1.16 bits per heavy atom. The van der Waals surface area contributed by atoms with Gasteiger partial charge >= 0.3 is 0 Å². The van der Waals surface area contributed by atoms with Crippen molar-refractivity contribution in [3.63, 3.8) is 0 Å². The molecule has 0 unspecified atom stereocenters. The quantitative estimate of drug-likeness (QED) is 0.388. The highest BCUT2D eigenvalue weighted by molar-refractivity contribution is 7.99. The standard InChI is InChI=1S/C22H19N5OS3/c1-14-6-8-15(9-7-14)21-23-22(25-24-21)31-13-20(28)27-17(19-5-3-11-30-19)12-16(26-27)18-4-2-10-29-18/h2-11,17H,12-13H2,1H3,(H,23,24,25)/t17-/m0/s1. The average molecular weight is 466 g/mol. The lowest BCUT2D eigenvalue weighted by Crippen LogP contribution is -2.28. The van der Waals surface area contributed by atoms with Crippen LogP contribution >= 0.6 is 34.4 Å². The first-order chi connectivity index (χ1) is 15.2. The van der Waals surface area contributed by atoms with Crippen LogP contribution in [-0.4, -0.2) is 37.6 Å². The van der Waals surface area contributed by atoms with Crippen LogP contribution in [0.5, 0.6) is 0 Å². The number of hydrogen-bond donors (Lipinski definition) is 1. The lowest BCUT2D eigenvalue weighted by molar-refractivity contribution is -0.130. The second-order valence-electron chi connectivity index (χ2n) is 7.12. The molecular weight excluding hydrogens is 446 g/mol. The van der Waals surface area contributed by atoms with Crippen LogP contribution in [-0.2, 0) is 4.79 Å². The molecule has 6 nitrogen and oxygen atoms in total. The Kier molecular flexibility index (Phi) is 5.71. The second kappa shape index (κ2) is 8.78. The van der Waals surface area contributed by atoms with Gasteiger partial charge in [-0.15, -0.1) is 27.8 Å². The van der Waals surface area contributed by atoms with E-state index in [1.807, 2.05) is 54.1 Å². The van der Waals surface area contributed by atoms with Crippen LogP contribution in [0.2, 0.25) is 0 Å². The molecule has 4 aromatic rings. The van der Waals surface area contributed by atoms with Crippen LogP contribution in [0, 0.1) is 6.92 Å². The monoisotopic (exact) mass is 465 g/mol. The molecule has 9 heteroatoms. The highest BCUT2D eigenvalue weighted by atomic mass is 32.2. The maximum atomic E-state index is 13.1. The number of hydrogen-bond acceptors (Lipinski definition) is 7. The Morgan fingerprint density at radius 3 is 2.71 bits per heavy atom. The number of hydrazone groups is 1. The van der Waals surface area contributed by atoms with Crippen LogP contribution in [0.4, 0.5) is 0 Å². The minimum Gasteiger partial charge on any atom is -0.272 e. The Labute approximate surface area is 192 Å². The third-order valence-electron chi connectivity index (χ3n) is 4.96. The predicted octanol–water partition coefficient (Wildman–Crippen LogP) is 5.37. The molecule has 156 valence electrons. The van der Waals surface area contributed by atoms with E-state index in [-0.39, 0.29) is 17.7 Å². The number of amides is 1. The molecule has 1 aliphatic heterocycles. The molecule has 0 spiro atoms. The van der Waals surface area contributed by atoms with E-state index in [9.17, 15) is 4.79 Å². The van der Waals surface area contributed by atoms with Gasteiger partial charge in [-0.05, 0) is 29.8 Å². The number of thioether (sulfide) groups is 1. The SMILES string of the molecule is Cc1ccc(-c2nc(SCC(=O)N3N=C(c4cccs4)C[C@H]3c3cccs3)n[nH]2)cc1. The number of thiophene rings is 2. The zero-order valence-electron chi connectivity index (χ0n) is 16.7. The molecule has 0 saturated heterocycles. The van der Waals surface area contributed by atoms with Gasteiger partial charge in [0.25, 0.3) is 5.91 Å². The van der Waals surface area contributed by atoms with Gasteiger partial charge in [0.2, 0.25) is 5.16 Å². The maximum absolute atomic E-state index is 13.1. The highest BCUT2D eigenvalue weighted by Gasteiger charge is 2.34. The van der Waals surface area contributed by atoms with Crippen molar-refractivity contribution in [2.24, 2.45) is 5.10 Å². The summed E-state index contributed by atoms with van der Waals surface area (Å²) >= 11 is 4.63. The first-order valence-corrected chi connectivity index (χ1v) is 12.5. The van der Waals surface area contributed by atoms with Crippen LogP contribution in [0.3, 0.4) is 0 Å². The second-order valence-corrected chi connectivity index (χ2v) is 9.99. The van der Waals surface area contributed by atoms with Gasteiger partial charge in [0.1, 0.15) is 0 Å². The number of rotatable bonds is 6. The van der Waals surface area contributed by atoms with E-state index in [1.165, 1.54) is 17.3 Å². The number of carbonyl (C=O) groups is 1. The Hall–Kier alpha value is -2.75. The average Bonchev–Trinajstić information content (AvgIpc) is 3.58. The van der Waals surface area contributed by atoms with Gasteiger partial charge in [-0.25, -0.2) is 9.99 Å². The van der Waals surface area contributed by atoms with Crippen molar-refractivity contribution >= 4 is 46.1 Å². The molecule has 0 radical (unpaired) electrons.